The highest BCUT2D eigenvalue weighted by Gasteiger charge is 2.13. The lowest BCUT2D eigenvalue weighted by molar-refractivity contribution is 1.00. The minimum absolute atomic E-state index is 0.458. The van der Waals surface area contributed by atoms with Crippen molar-refractivity contribution in [3.63, 3.8) is 0 Å². The molecule has 0 atom stereocenters. The predicted octanol–water partition coefficient (Wildman–Crippen LogP) is 1.70. The van der Waals surface area contributed by atoms with Gasteiger partial charge in [-0.3, -0.25) is 9.97 Å². The van der Waals surface area contributed by atoms with Crippen molar-refractivity contribution in [2.24, 2.45) is 11.5 Å². The average molecular weight is 238 g/mol. The molecule has 1 aromatic carbocycles. The molecule has 0 saturated heterocycles. The van der Waals surface area contributed by atoms with E-state index in [0.29, 0.717) is 13.1 Å². The van der Waals surface area contributed by atoms with Crippen LogP contribution in [0.25, 0.3) is 21.8 Å². The van der Waals surface area contributed by atoms with Gasteiger partial charge in [-0.2, -0.15) is 0 Å². The number of aromatic nitrogens is 2. The van der Waals surface area contributed by atoms with E-state index in [4.69, 9.17) is 11.5 Å². The van der Waals surface area contributed by atoms with Crippen molar-refractivity contribution in [3.05, 3.63) is 47.8 Å². The fraction of sp³-hybridized carbons (Fsp3) is 0.143. The van der Waals surface area contributed by atoms with Gasteiger partial charge in [0.2, 0.25) is 0 Å². The van der Waals surface area contributed by atoms with Crippen molar-refractivity contribution in [1.82, 2.24) is 9.97 Å². The molecular formula is C14H14N4. The minimum atomic E-state index is 0.458. The monoisotopic (exact) mass is 238 g/mol. The Morgan fingerprint density at radius 2 is 1.22 bits per heavy atom. The summed E-state index contributed by atoms with van der Waals surface area (Å²) in [5, 5.41) is 2.10. The lowest BCUT2D eigenvalue weighted by Gasteiger charge is -2.13. The van der Waals surface area contributed by atoms with Gasteiger partial charge < -0.3 is 11.5 Å². The third kappa shape index (κ3) is 1.47. The maximum Gasteiger partial charge on any atom is 0.0968 e. The van der Waals surface area contributed by atoms with Crippen LogP contribution in [-0.2, 0) is 13.1 Å². The van der Waals surface area contributed by atoms with Crippen LogP contribution in [0.5, 0.6) is 0 Å². The summed E-state index contributed by atoms with van der Waals surface area (Å²) in [5.41, 5.74) is 15.7. The third-order valence-electron chi connectivity index (χ3n) is 3.26. The standard InChI is InChI=1S/C14H14N4/c15-7-11-9-3-1-5-17-13(9)14-10(12(11)8-16)4-2-6-18-14/h1-6H,7-8,15-16H2. The smallest absolute Gasteiger partial charge is 0.0968 e. The van der Waals surface area contributed by atoms with E-state index in [1.807, 2.05) is 24.3 Å². The molecule has 4 N–H and O–H groups in total. The maximum atomic E-state index is 5.88. The molecule has 0 spiro atoms. The van der Waals surface area contributed by atoms with E-state index in [1.54, 1.807) is 12.4 Å². The highest BCUT2D eigenvalue weighted by Crippen LogP contribution is 2.29. The summed E-state index contributed by atoms with van der Waals surface area (Å²) < 4.78 is 0. The Kier molecular flexibility index (Phi) is 2.66. The summed E-state index contributed by atoms with van der Waals surface area (Å²) in [6.45, 7) is 0.916. The second kappa shape index (κ2) is 4.33. The summed E-state index contributed by atoms with van der Waals surface area (Å²) in [6, 6.07) is 7.88. The van der Waals surface area contributed by atoms with Gasteiger partial charge in [-0.15, -0.1) is 0 Å². The second-order valence-corrected chi connectivity index (χ2v) is 4.16. The maximum absolute atomic E-state index is 5.88. The van der Waals surface area contributed by atoms with Gasteiger partial charge in [-0.1, -0.05) is 12.1 Å². The fourth-order valence-corrected chi connectivity index (χ4v) is 2.47. The van der Waals surface area contributed by atoms with E-state index in [9.17, 15) is 0 Å². The zero-order valence-electron chi connectivity index (χ0n) is 9.93. The van der Waals surface area contributed by atoms with Gasteiger partial charge >= 0.3 is 0 Å². The number of fused-ring (bicyclic) bond motifs is 3. The molecule has 3 aromatic rings. The molecule has 4 nitrogen and oxygen atoms in total. The first-order valence-electron chi connectivity index (χ1n) is 5.90. The minimum Gasteiger partial charge on any atom is -0.326 e. The Morgan fingerprint density at radius 1 is 0.778 bits per heavy atom. The summed E-state index contributed by atoms with van der Waals surface area (Å²) in [4.78, 5) is 8.87. The SMILES string of the molecule is NCc1c(CN)c2cccnc2c2ncccc12. The molecule has 0 unspecified atom stereocenters. The van der Waals surface area contributed by atoms with E-state index in [-0.39, 0.29) is 0 Å². The first kappa shape index (κ1) is 11.1. The molecule has 2 aromatic heterocycles. The van der Waals surface area contributed by atoms with E-state index in [0.717, 1.165) is 32.9 Å². The predicted molar refractivity (Wildman–Crippen MR) is 72.8 cm³/mol. The highest BCUT2D eigenvalue weighted by molar-refractivity contribution is 6.06. The van der Waals surface area contributed by atoms with Gasteiger partial charge in [0.1, 0.15) is 0 Å². The average Bonchev–Trinajstić information content (AvgIpc) is 2.45. The van der Waals surface area contributed by atoms with Crippen LogP contribution >= 0.6 is 0 Å². The molecule has 0 fully saturated rings. The number of hydrogen-bond donors (Lipinski definition) is 2. The number of hydrogen-bond acceptors (Lipinski definition) is 4. The quantitative estimate of drug-likeness (QED) is 0.666. The molecule has 0 aliphatic carbocycles. The Labute approximate surface area is 105 Å². The lowest BCUT2D eigenvalue weighted by atomic mass is 9.96. The van der Waals surface area contributed by atoms with Gasteiger partial charge in [0, 0.05) is 36.3 Å². The summed E-state index contributed by atoms with van der Waals surface area (Å²) in [6.07, 6.45) is 3.55. The first-order valence-corrected chi connectivity index (χ1v) is 5.90. The van der Waals surface area contributed by atoms with Crippen LogP contribution in [0, 0.1) is 0 Å². The molecule has 3 rings (SSSR count). The zero-order valence-corrected chi connectivity index (χ0v) is 9.93. The van der Waals surface area contributed by atoms with Crippen LogP contribution in [0.3, 0.4) is 0 Å². The molecule has 0 amide bonds. The molecule has 0 aliphatic rings. The molecule has 0 aliphatic heterocycles. The molecule has 90 valence electrons. The molecule has 0 radical (unpaired) electrons. The first-order chi connectivity index (χ1) is 8.86. The van der Waals surface area contributed by atoms with Crippen LogP contribution < -0.4 is 11.5 Å². The second-order valence-electron chi connectivity index (χ2n) is 4.16. The van der Waals surface area contributed by atoms with Crippen LogP contribution in [0.4, 0.5) is 0 Å². The number of rotatable bonds is 2. The zero-order chi connectivity index (χ0) is 12.5. The van der Waals surface area contributed by atoms with Crippen molar-refractivity contribution in [2.75, 3.05) is 0 Å². The van der Waals surface area contributed by atoms with Crippen LogP contribution in [0.1, 0.15) is 11.1 Å². The molecule has 0 bridgehead atoms. The van der Waals surface area contributed by atoms with Crippen molar-refractivity contribution < 1.29 is 0 Å². The van der Waals surface area contributed by atoms with Gasteiger partial charge in [0.15, 0.2) is 0 Å². The van der Waals surface area contributed by atoms with Crippen molar-refractivity contribution in [3.8, 4) is 0 Å². The van der Waals surface area contributed by atoms with Gasteiger partial charge in [0.25, 0.3) is 0 Å². The van der Waals surface area contributed by atoms with E-state index in [2.05, 4.69) is 9.97 Å². The Morgan fingerprint density at radius 3 is 1.61 bits per heavy atom. The Balaban J connectivity index is 2.61. The number of nitrogens with two attached hydrogens (primary N) is 2. The van der Waals surface area contributed by atoms with Crippen LogP contribution in [0.2, 0.25) is 0 Å². The normalized spacial score (nSPS) is 11.2. The topological polar surface area (TPSA) is 77.8 Å². The van der Waals surface area contributed by atoms with Crippen LogP contribution in [0.15, 0.2) is 36.7 Å². The van der Waals surface area contributed by atoms with Gasteiger partial charge in [-0.25, -0.2) is 0 Å². The highest BCUT2D eigenvalue weighted by atomic mass is 14.7. The van der Waals surface area contributed by atoms with Gasteiger partial charge in [0.05, 0.1) is 11.0 Å². The summed E-state index contributed by atoms with van der Waals surface area (Å²) in [7, 11) is 0. The van der Waals surface area contributed by atoms with E-state index < -0.39 is 0 Å². The van der Waals surface area contributed by atoms with Crippen molar-refractivity contribution in [2.45, 2.75) is 13.1 Å². The Bertz CT molecular complexity index is 659. The summed E-state index contributed by atoms with van der Waals surface area (Å²) in [5.74, 6) is 0. The van der Waals surface area contributed by atoms with Crippen molar-refractivity contribution >= 4 is 21.8 Å². The third-order valence-corrected chi connectivity index (χ3v) is 3.26. The Hall–Kier alpha value is -2.04. The lowest BCUT2D eigenvalue weighted by Crippen LogP contribution is -2.08. The number of nitrogens with zero attached hydrogens (tertiary/aromatic N) is 2. The van der Waals surface area contributed by atoms with Gasteiger partial charge in [-0.05, 0) is 23.3 Å². The molecular weight excluding hydrogens is 224 g/mol. The number of benzene rings is 1. The fourth-order valence-electron chi connectivity index (χ4n) is 2.47. The van der Waals surface area contributed by atoms with E-state index in [1.165, 1.54) is 0 Å². The molecule has 0 saturated carbocycles. The summed E-state index contributed by atoms with van der Waals surface area (Å²) >= 11 is 0. The molecule has 4 heteroatoms. The number of pyridine rings is 2. The van der Waals surface area contributed by atoms with Crippen molar-refractivity contribution in [1.29, 1.82) is 0 Å². The van der Waals surface area contributed by atoms with E-state index >= 15 is 0 Å². The molecule has 18 heavy (non-hydrogen) atoms. The largest absolute Gasteiger partial charge is 0.326 e. The molecule has 2 heterocycles. The van der Waals surface area contributed by atoms with Crippen LogP contribution in [-0.4, -0.2) is 9.97 Å².